The van der Waals surface area contributed by atoms with Gasteiger partial charge in [0.1, 0.15) is 0 Å². The number of carbonyl (C=O) groups excluding carboxylic acids is 1. The third-order valence-electron chi connectivity index (χ3n) is 3.50. The van der Waals surface area contributed by atoms with Crippen LogP contribution in [-0.4, -0.2) is 20.9 Å². The van der Waals surface area contributed by atoms with Crippen LogP contribution >= 0.6 is 0 Å². The quantitative estimate of drug-likeness (QED) is 0.890. The number of nitrogens with zero attached hydrogens (tertiary/aromatic N) is 2. The van der Waals surface area contributed by atoms with Gasteiger partial charge in [-0.25, -0.2) is 0 Å². The fraction of sp³-hybridized carbons (Fsp3) is 0.200. The minimum absolute atomic E-state index is 0.149. The van der Waals surface area contributed by atoms with Gasteiger partial charge in [0.15, 0.2) is 5.72 Å². The van der Waals surface area contributed by atoms with Crippen LogP contribution in [0.5, 0.6) is 0 Å². The lowest BCUT2D eigenvalue weighted by molar-refractivity contribution is -0.0728. The van der Waals surface area contributed by atoms with Crippen LogP contribution in [0.15, 0.2) is 48.8 Å². The van der Waals surface area contributed by atoms with E-state index in [4.69, 9.17) is 0 Å². The summed E-state index contributed by atoms with van der Waals surface area (Å²) in [6, 6.07) is 10.9. The maximum atomic E-state index is 12.4. The Hall–Kier alpha value is -2.20. The molecule has 2 aromatic rings. The molecule has 0 saturated heterocycles. The van der Waals surface area contributed by atoms with Gasteiger partial charge in [-0.1, -0.05) is 24.3 Å². The van der Waals surface area contributed by atoms with Gasteiger partial charge >= 0.3 is 0 Å². The van der Waals surface area contributed by atoms with Crippen molar-refractivity contribution in [2.45, 2.75) is 19.2 Å². The molecule has 1 amide bonds. The minimum Gasteiger partial charge on any atom is -0.367 e. The molecule has 0 aliphatic carbocycles. The van der Waals surface area contributed by atoms with Gasteiger partial charge in [-0.3, -0.25) is 9.78 Å². The summed E-state index contributed by atoms with van der Waals surface area (Å²) in [5.74, 6) is -0.149. The molecule has 1 aromatic heterocycles. The lowest BCUT2D eigenvalue weighted by atomic mass is 10.0. The normalized spacial score (nSPS) is 21.6. The predicted octanol–water partition coefficient (Wildman–Crippen LogP) is 1.90. The highest BCUT2D eigenvalue weighted by atomic mass is 16.3. The topological polar surface area (TPSA) is 53.4 Å². The molecule has 3 rings (SSSR count). The molecule has 19 heavy (non-hydrogen) atoms. The van der Waals surface area contributed by atoms with Crippen LogP contribution in [0.4, 0.5) is 0 Å². The molecule has 1 unspecified atom stereocenters. The summed E-state index contributed by atoms with van der Waals surface area (Å²) in [7, 11) is 0. The fourth-order valence-electron chi connectivity index (χ4n) is 2.47. The number of carbonyl (C=O) groups is 1. The zero-order valence-corrected chi connectivity index (χ0v) is 10.6. The first-order valence-corrected chi connectivity index (χ1v) is 6.13. The number of rotatable bonds is 2. The van der Waals surface area contributed by atoms with Crippen molar-refractivity contribution in [1.82, 2.24) is 9.88 Å². The van der Waals surface area contributed by atoms with Crippen LogP contribution in [0.25, 0.3) is 0 Å². The van der Waals surface area contributed by atoms with Crippen molar-refractivity contribution in [3.8, 4) is 0 Å². The molecule has 4 nitrogen and oxygen atoms in total. The van der Waals surface area contributed by atoms with E-state index in [1.165, 1.54) is 4.90 Å². The van der Waals surface area contributed by atoms with E-state index in [-0.39, 0.29) is 5.91 Å². The van der Waals surface area contributed by atoms with Crippen LogP contribution in [0.1, 0.15) is 28.4 Å². The molecule has 0 bridgehead atoms. The zero-order valence-electron chi connectivity index (χ0n) is 10.6. The van der Waals surface area contributed by atoms with Gasteiger partial charge in [0.2, 0.25) is 0 Å². The zero-order chi connectivity index (χ0) is 13.5. The summed E-state index contributed by atoms with van der Waals surface area (Å²) in [5.41, 5.74) is 0.841. The number of aromatic nitrogens is 1. The molecule has 96 valence electrons. The molecule has 2 heterocycles. The van der Waals surface area contributed by atoms with Crippen LogP contribution < -0.4 is 0 Å². The second-order valence-electron chi connectivity index (χ2n) is 4.82. The highest BCUT2D eigenvalue weighted by Crippen LogP contribution is 2.37. The molecule has 1 aliphatic rings. The number of amides is 1. The van der Waals surface area contributed by atoms with Gasteiger partial charge in [-0.15, -0.1) is 0 Å². The third-order valence-corrected chi connectivity index (χ3v) is 3.50. The Morgan fingerprint density at radius 1 is 1.26 bits per heavy atom. The molecular formula is C15H14N2O2. The highest BCUT2D eigenvalue weighted by Gasteiger charge is 2.44. The Kier molecular flexibility index (Phi) is 2.61. The first-order valence-electron chi connectivity index (χ1n) is 6.13. The molecule has 4 heteroatoms. The van der Waals surface area contributed by atoms with Gasteiger partial charge in [0.25, 0.3) is 5.91 Å². The fourth-order valence-corrected chi connectivity index (χ4v) is 2.47. The summed E-state index contributed by atoms with van der Waals surface area (Å²) in [4.78, 5) is 17.9. The van der Waals surface area contributed by atoms with Crippen LogP contribution in [0, 0.1) is 0 Å². The van der Waals surface area contributed by atoms with Crippen molar-refractivity contribution in [3.63, 3.8) is 0 Å². The molecule has 0 spiro atoms. The standard InChI is InChI=1S/C15H14N2O2/c1-15(19)13-7-3-2-6-12(13)14(18)17(15)10-11-5-4-8-16-9-11/h2-9,19H,10H2,1H3. The predicted molar refractivity (Wildman–Crippen MR) is 70.1 cm³/mol. The second kappa shape index (κ2) is 4.17. The number of hydrogen-bond acceptors (Lipinski definition) is 3. The van der Waals surface area contributed by atoms with E-state index in [0.717, 1.165) is 5.56 Å². The summed E-state index contributed by atoms with van der Waals surface area (Å²) in [5, 5.41) is 10.6. The van der Waals surface area contributed by atoms with Gasteiger partial charge in [0, 0.05) is 23.5 Å². The van der Waals surface area contributed by atoms with E-state index in [0.29, 0.717) is 17.7 Å². The van der Waals surface area contributed by atoms with E-state index in [1.54, 1.807) is 37.5 Å². The van der Waals surface area contributed by atoms with E-state index in [2.05, 4.69) is 4.98 Å². The minimum atomic E-state index is -1.27. The molecule has 1 aliphatic heterocycles. The molecule has 1 aromatic carbocycles. The Balaban J connectivity index is 1.99. The third kappa shape index (κ3) is 1.81. The maximum Gasteiger partial charge on any atom is 0.257 e. The van der Waals surface area contributed by atoms with Crippen molar-refractivity contribution in [2.24, 2.45) is 0 Å². The van der Waals surface area contributed by atoms with Crippen LogP contribution in [0.2, 0.25) is 0 Å². The first kappa shape index (κ1) is 11.9. The summed E-state index contributed by atoms with van der Waals surface area (Å²) in [6.45, 7) is 1.99. The van der Waals surface area contributed by atoms with E-state index in [1.807, 2.05) is 18.2 Å². The Morgan fingerprint density at radius 2 is 2.05 bits per heavy atom. The van der Waals surface area contributed by atoms with Crippen molar-refractivity contribution < 1.29 is 9.90 Å². The van der Waals surface area contributed by atoms with E-state index in [9.17, 15) is 9.90 Å². The van der Waals surface area contributed by atoms with Crippen molar-refractivity contribution in [2.75, 3.05) is 0 Å². The van der Waals surface area contributed by atoms with Gasteiger partial charge in [-0.2, -0.15) is 0 Å². The van der Waals surface area contributed by atoms with Gasteiger partial charge in [0.05, 0.1) is 6.54 Å². The molecule has 0 fully saturated rings. The van der Waals surface area contributed by atoms with Gasteiger partial charge < -0.3 is 10.0 Å². The SMILES string of the molecule is CC1(O)c2ccccc2C(=O)N1Cc1cccnc1. The highest BCUT2D eigenvalue weighted by molar-refractivity contribution is 5.99. The molecule has 1 atom stereocenters. The lowest BCUT2D eigenvalue weighted by Crippen LogP contribution is -2.40. The lowest BCUT2D eigenvalue weighted by Gasteiger charge is -2.30. The van der Waals surface area contributed by atoms with Crippen molar-refractivity contribution in [3.05, 3.63) is 65.5 Å². The summed E-state index contributed by atoms with van der Waals surface area (Å²) < 4.78 is 0. The van der Waals surface area contributed by atoms with Crippen molar-refractivity contribution in [1.29, 1.82) is 0 Å². The average molecular weight is 254 g/mol. The maximum absolute atomic E-state index is 12.4. The molecular weight excluding hydrogens is 240 g/mol. The molecule has 1 N–H and O–H groups in total. The number of benzene rings is 1. The summed E-state index contributed by atoms with van der Waals surface area (Å²) >= 11 is 0. The Morgan fingerprint density at radius 3 is 2.74 bits per heavy atom. The summed E-state index contributed by atoms with van der Waals surface area (Å²) in [6.07, 6.45) is 3.38. The average Bonchev–Trinajstić information content (AvgIpc) is 2.62. The Labute approximate surface area is 111 Å². The van der Waals surface area contributed by atoms with Crippen LogP contribution in [-0.2, 0) is 12.3 Å². The number of hydrogen-bond donors (Lipinski definition) is 1. The van der Waals surface area contributed by atoms with Crippen LogP contribution in [0.3, 0.4) is 0 Å². The Bertz CT molecular complexity index is 623. The van der Waals surface area contributed by atoms with E-state index < -0.39 is 5.72 Å². The largest absolute Gasteiger partial charge is 0.367 e. The van der Waals surface area contributed by atoms with Gasteiger partial charge in [-0.05, 0) is 24.6 Å². The van der Waals surface area contributed by atoms with Crippen molar-refractivity contribution >= 4 is 5.91 Å². The molecule has 0 radical (unpaired) electrons. The molecule has 0 saturated carbocycles. The smallest absolute Gasteiger partial charge is 0.257 e. The van der Waals surface area contributed by atoms with E-state index >= 15 is 0 Å². The number of fused-ring (bicyclic) bond motifs is 1. The number of pyridine rings is 1. The second-order valence-corrected chi connectivity index (χ2v) is 4.82. The first-order chi connectivity index (χ1) is 9.10. The number of aliphatic hydroxyl groups is 1. The monoisotopic (exact) mass is 254 g/mol.